The zero-order valence-electron chi connectivity index (χ0n) is 10.3. The van der Waals surface area contributed by atoms with Gasteiger partial charge < -0.3 is 16.0 Å². The number of benzene rings is 1. The molecule has 19 heavy (non-hydrogen) atoms. The fourth-order valence-electron chi connectivity index (χ4n) is 1.87. The molecule has 0 aliphatic rings. The number of rotatable bonds is 6. The van der Waals surface area contributed by atoms with E-state index in [4.69, 9.17) is 17.3 Å². The van der Waals surface area contributed by atoms with Gasteiger partial charge in [0.15, 0.2) is 0 Å². The molecule has 1 aromatic carbocycles. The number of primary amides is 1. The van der Waals surface area contributed by atoms with E-state index in [0.29, 0.717) is 11.6 Å². The van der Waals surface area contributed by atoms with Crippen molar-refractivity contribution in [3.05, 3.63) is 53.1 Å². The Morgan fingerprint density at radius 2 is 2.26 bits per heavy atom. The zero-order valence-corrected chi connectivity index (χ0v) is 11.0. The number of amides is 1. The summed E-state index contributed by atoms with van der Waals surface area (Å²) in [5.41, 5.74) is 6.14. The van der Waals surface area contributed by atoms with Crippen LogP contribution < -0.4 is 11.1 Å². The summed E-state index contributed by atoms with van der Waals surface area (Å²) in [7, 11) is 0. The quantitative estimate of drug-likeness (QED) is 0.753. The number of nitrogens with two attached hydrogens (primary N) is 1. The Bertz CT molecular complexity index is 541. The van der Waals surface area contributed by atoms with Crippen molar-refractivity contribution in [2.45, 2.75) is 19.0 Å². The Morgan fingerprint density at radius 3 is 2.89 bits per heavy atom. The Hall–Kier alpha value is -1.85. The molecule has 1 heterocycles. The predicted octanol–water partition coefficient (Wildman–Crippen LogP) is 1.77. The first-order valence-electron chi connectivity index (χ1n) is 5.91. The Labute approximate surface area is 116 Å². The molecule has 0 saturated heterocycles. The maximum atomic E-state index is 11.2. The summed E-state index contributed by atoms with van der Waals surface area (Å²) in [5, 5.41) is 3.84. The molecule has 6 heteroatoms. The normalized spacial score (nSPS) is 12.3. The summed E-state index contributed by atoms with van der Waals surface area (Å²) in [6.07, 6.45) is 3.61. The summed E-state index contributed by atoms with van der Waals surface area (Å²) in [5.74, 6) is 0.415. The fraction of sp³-hybridized carbons (Fsp3) is 0.231. The molecule has 0 bridgehead atoms. The number of halogens is 1. The highest BCUT2D eigenvalue weighted by atomic mass is 35.5. The van der Waals surface area contributed by atoms with Crippen LogP contribution in [0.25, 0.3) is 0 Å². The van der Waals surface area contributed by atoms with Gasteiger partial charge in [-0.1, -0.05) is 29.8 Å². The van der Waals surface area contributed by atoms with Gasteiger partial charge in [0.1, 0.15) is 5.82 Å². The molecule has 0 unspecified atom stereocenters. The van der Waals surface area contributed by atoms with E-state index in [1.807, 2.05) is 18.2 Å². The molecule has 0 saturated carbocycles. The number of aromatic amines is 1. The summed E-state index contributed by atoms with van der Waals surface area (Å²) < 4.78 is 0. The maximum Gasteiger partial charge on any atom is 0.219 e. The first-order valence-corrected chi connectivity index (χ1v) is 6.29. The molecule has 0 spiro atoms. The number of nitrogens with one attached hydrogen (secondary N) is 2. The molecule has 2 aromatic rings. The molecule has 0 radical (unpaired) electrons. The highest BCUT2D eigenvalue weighted by molar-refractivity contribution is 6.31. The van der Waals surface area contributed by atoms with E-state index in [2.05, 4.69) is 15.3 Å². The lowest BCUT2D eigenvalue weighted by Crippen LogP contribution is -2.27. The molecule has 5 nitrogen and oxygen atoms in total. The predicted molar refractivity (Wildman–Crippen MR) is 73.4 cm³/mol. The average Bonchev–Trinajstić information content (AvgIpc) is 2.88. The minimum Gasteiger partial charge on any atom is -0.370 e. The average molecular weight is 279 g/mol. The van der Waals surface area contributed by atoms with Crippen molar-refractivity contribution in [1.82, 2.24) is 15.3 Å². The smallest absolute Gasteiger partial charge is 0.219 e. The molecule has 4 N–H and O–H groups in total. The molecule has 2 rings (SSSR count). The lowest BCUT2D eigenvalue weighted by Gasteiger charge is -2.18. The van der Waals surface area contributed by atoms with Crippen LogP contribution in [0.5, 0.6) is 0 Å². The fourth-order valence-corrected chi connectivity index (χ4v) is 2.13. The van der Waals surface area contributed by atoms with Crippen LogP contribution in [0.3, 0.4) is 0 Å². The van der Waals surface area contributed by atoms with Crippen LogP contribution >= 0.6 is 11.6 Å². The van der Waals surface area contributed by atoms with Gasteiger partial charge in [-0.15, -0.1) is 0 Å². The molecule has 100 valence electrons. The van der Waals surface area contributed by atoms with Crippen molar-refractivity contribution in [2.24, 2.45) is 5.73 Å². The van der Waals surface area contributed by atoms with Gasteiger partial charge in [0.25, 0.3) is 0 Å². The van der Waals surface area contributed by atoms with Crippen molar-refractivity contribution in [3.63, 3.8) is 0 Å². The van der Waals surface area contributed by atoms with Crippen molar-refractivity contribution >= 4 is 17.5 Å². The van der Waals surface area contributed by atoms with Gasteiger partial charge >= 0.3 is 0 Å². The van der Waals surface area contributed by atoms with E-state index in [1.165, 1.54) is 0 Å². The molecule has 0 aliphatic heterocycles. The van der Waals surface area contributed by atoms with Crippen LogP contribution in [0.4, 0.5) is 0 Å². The van der Waals surface area contributed by atoms with Crippen molar-refractivity contribution < 1.29 is 4.79 Å². The van der Waals surface area contributed by atoms with Crippen LogP contribution in [0.2, 0.25) is 5.02 Å². The second-order valence-corrected chi connectivity index (χ2v) is 4.57. The number of carbonyl (C=O) groups is 1. The van der Waals surface area contributed by atoms with Gasteiger partial charge in [0.2, 0.25) is 5.91 Å². The number of H-pyrrole nitrogens is 1. The summed E-state index contributed by atoms with van der Waals surface area (Å²) in [6.45, 7) is 0.510. The topological polar surface area (TPSA) is 83.8 Å². The Balaban J connectivity index is 2.11. The number of carbonyl (C=O) groups excluding carboxylic acids is 1. The molecular weight excluding hydrogens is 264 g/mol. The third-order valence-electron chi connectivity index (χ3n) is 2.76. The van der Waals surface area contributed by atoms with Crippen LogP contribution in [0.1, 0.15) is 23.9 Å². The minimum atomic E-state index is -0.378. The summed E-state index contributed by atoms with van der Waals surface area (Å²) in [4.78, 5) is 18.3. The van der Waals surface area contributed by atoms with Gasteiger partial charge in [-0.25, -0.2) is 4.98 Å². The molecule has 0 aliphatic carbocycles. The van der Waals surface area contributed by atoms with E-state index in [0.717, 1.165) is 11.4 Å². The zero-order chi connectivity index (χ0) is 13.7. The van der Waals surface area contributed by atoms with E-state index in [-0.39, 0.29) is 18.4 Å². The molecular formula is C13H15ClN4O. The number of hydrogen-bond donors (Lipinski definition) is 3. The molecule has 0 fully saturated rings. The van der Waals surface area contributed by atoms with Crippen LogP contribution in [-0.2, 0) is 11.3 Å². The van der Waals surface area contributed by atoms with Crippen LogP contribution in [-0.4, -0.2) is 15.9 Å². The monoisotopic (exact) mass is 278 g/mol. The SMILES string of the molecule is NC(=O)C[C@@H](NCc1ncc[nH]1)c1ccccc1Cl. The van der Waals surface area contributed by atoms with Crippen molar-refractivity contribution in [2.75, 3.05) is 0 Å². The second kappa shape index (κ2) is 6.36. The third kappa shape index (κ3) is 3.81. The largest absolute Gasteiger partial charge is 0.370 e. The highest BCUT2D eigenvalue weighted by Gasteiger charge is 2.16. The Morgan fingerprint density at radius 1 is 1.47 bits per heavy atom. The molecule has 1 atom stereocenters. The van der Waals surface area contributed by atoms with E-state index < -0.39 is 0 Å². The number of nitrogens with zero attached hydrogens (tertiary/aromatic N) is 1. The number of aromatic nitrogens is 2. The van der Waals surface area contributed by atoms with Gasteiger partial charge in [-0.05, 0) is 11.6 Å². The Kier molecular flexibility index (Phi) is 4.54. The van der Waals surface area contributed by atoms with Crippen LogP contribution in [0, 0.1) is 0 Å². The maximum absolute atomic E-state index is 11.2. The van der Waals surface area contributed by atoms with Gasteiger partial charge in [0.05, 0.1) is 6.54 Å². The minimum absolute atomic E-state index is 0.185. The second-order valence-electron chi connectivity index (χ2n) is 4.16. The highest BCUT2D eigenvalue weighted by Crippen LogP contribution is 2.25. The van der Waals surface area contributed by atoms with Crippen molar-refractivity contribution in [3.8, 4) is 0 Å². The number of hydrogen-bond acceptors (Lipinski definition) is 3. The van der Waals surface area contributed by atoms with Gasteiger partial charge in [-0.3, -0.25) is 4.79 Å². The molecule has 1 aromatic heterocycles. The third-order valence-corrected chi connectivity index (χ3v) is 3.10. The lowest BCUT2D eigenvalue weighted by molar-refractivity contribution is -0.118. The van der Waals surface area contributed by atoms with E-state index in [9.17, 15) is 4.79 Å². The van der Waals surface area contributed by atoms with E-state index in [1.54, 1.807) is 18.5 Å². The first kappa shape index (κ1) is 13.6. The van der Waals surface area contributed by atoms with Gasteiger partial charge in [-0.2, -0.15) is 0 Å². The number of imidazole rings is 1. The summed E-state index contributed by atoms with van der Waals surface area (Å²) in [6, 6.07) is 7.17. The van der Waals surface area contributed by atoms with E-state index >= 15 is 0 Å². The first-order chi connectivity index (χ1) is 9.16. The van der Waals surface area contributed by atoms with Crippen LogP contribution in [0.15, 0.2) is 36.7 Å². The van der Waals surface area contributed by atoms with Crippen molar-refractivity contribution in [1.29, 1.82) is 0 Å². The lowest BCUT2D eigenvalue weighted by atomic mass is 10.0. The summed E-state index contributed by atoms with van der Waals surface area (Å²) >= 11 is 6.15. The molecule has 1 amide bonds. The standard InChI is InChI=1S/C13H15ClN4O/c14-10-4-2-1-3-9(10)11(7-12(15)19)18-8-13-16-5-6-17-13/h1-6,11,18H,7-8H2,(H2,15,19)(H,16,17)/t11-/m1/s1. The van der Waals surface area contributed by atoms with Gasteiger partial charge in [0, 0.05) is 29.9 Å².